The SMILES string of the molecule is Cc1cccc(C(=O)N(Cc2csc(COc3ccccc3C)n2)CC(C)C)c1. The minimum atomic E-state index is 0.0492. The van der Waals surface area contributed by atoms with Crippen molar-refractivity contribution in [2.45, 2.75) is 40.8 Å². The van der Waals surface area contributed by atoms with Crippen LogP contribution in [0, 0.1) is 19.8 Å². The van der Waals surface area contributed by atoms with Crippen LogP contribution in [0.4, 0.5) is 0 Å². The van der Waals surface area contributed by atoms with E-state index in [1.54, 1.807) is 11.3 Å². The molecule has 1 aromatic heterocycles. The fourth-order valence-corrected chi connectivity index (χ4v) is 3.86. The van der Waals surface area contributed by atoms with E-state index < -0.39 is 0 Å². The summed E-state index contributed by atoms with van der Waals surface area (Å²) in [5, 5.41) is 2.93. The highest BCUT2D eigenvalue weighted by Gasteiger charge is 2.19. The monoisotopic (exact) mass is 408 g/mol. The first-order chi connectivity index (χ1) is 13.9. The van der Waals surface area contributed by atoms with Crippen molar-refractivity contribution in [3.05, 3.63) is 81.3 Å². The zero-order valence-corrected chi connectivity index (χ0v) is 18.3. The number of benzene rings is 2. The smallest absolute Gasteiger partial charge is 0.254 e. The third-order valence-corrected chi connectivity index (χ3v) is 5.41. The molecule has 0 aliphatic rings. The fourth-order valence-electron chi connectivity index (χ4n) is 3.16. The Morgan fingerprint density at radius 3 is 2.66 bits per heavy atom. The molecule has 5 heteroatoms. The summed E-state index contributed by atoms with van der Waals surface area (Å²) < 4.78 is 5.90. The van der Waals surface area contributed by atoms with E-state index in [2.05, 4.69) is 13.8 Å². The molecule has 3 aromatic rings. The second kappa shape index (κ2) is 9.70. The average Bonchev–Trinajstić information content (AvgIpc) is 3.13. The highest BCUT2D eigenvalue weighted by Crippen LogP contribution is 2.20. The van der Waals surface area contributed by atoms with Crippen LogP contribution in [-0.2, 0) is 13.2 Å². The molecule has 1 amide bonds. The predicted octanol–water partition coefficient (Wildman–Crippen LogP) is 5.64. The van der Waals surface area contributed by atoms with Gasteiger partial charge in [0, 0.05) is 17.5 Å². The zero-order valence-electron chi connectivity index (χ0n) is 17.5. The van der Waals surface area contributed by atoms with Crippen LogP contribution < -0.4 is 4.74 Å². The molecule has 1 heterocycles. The third-order valence-electron chi connectivity index (χ3n) is 4.53. The van der Waals surface area contributed by atoms with E-state index in [4.69, 9.17) is 9.72 Å². The maximum absolute atomic E-state index is 13.1. The van der Waals surface area contributed by atoms with Crippen LogP contribution >= 0.6 is 11.3 Å². The van der Waals surface area contributed by atoms with Crippen LogP contribution in [0.1, 0.15) is 46.0 Å². The van der Waals surface area contributed by atoms with Crippen molar-refractivity contribution in [3.63, 3.8) is 0 Å². The molecule has 0 fully saturated rings. The van der Waals surface area contributed by atoms with E-state index in [0.29, 0.717) is 25.6 Å². The van der Waals surface area contributed by atoms with Crippen molar-refractivity contribution in [1.29, 1.82) is 0 Å². The van der Waals surface area contributed by atoms with Gasteiger partial charge in [0.25, 0.3) is 5.91 Å². The lowest BCUT2D eigenvalue weighted by Crippen LogP contribution is -2.34. The summed E-state index contributed by atoms with van der Waals surface area (Å²) in [5.41, 5.74) is 3.82. The van der Waals surface area contributed by atoms with Crippen LogP contribution in [0.15, 0.2) is 53.9 Å². The Hall–Kier alpha value is -2.66. The fraction of sp³-hybridized carbons (Fsp3) is 0.333. The minimum Gasteiger partial charge on any atom is -0.486 e. The maximum Gasteiger partial charge on any atom is 0.254 e. The summed E-state index contributed by atoms with van der Waals surface area (Å²) in [6.45, 7) is 9.92. The van der Waals surface area contributed by atoms with Crippen LogP contribution in [0.5, 0.6) is 5.75 Å². The number of aromatic nitrogens is 1. The number of thiazole rings is 1. The van der Waals surface area contributed by atoms with Crippen molar-refractivity contribution in [2.75, 3.05) is 6.54 Å². The Bertz CT molecular complexity index is 965. The Balaban J connectivity index is 1.68. The third kappa shape index (κ3) is 5.91. The second-order valence-corrected chi connectivity index (χ2v) is 8.68. The largest absolute Gasteiger partial charge is 0.486 e. The van der Waals surface area contributed by atoms with Gasteiger partial charge in [0.2, 0.25) is 0 Å². The van der Waals surface area contributed by atoms with E-state index in [-0.39, 0.29) is 5.91 Å². The van der Waals surface area contributed by atoms with Crippen LogP contribution in [0.2, 0.25) is 0 Å². The molecule has 0 radical (unpaired) electrons. The minimum absolute atomic E-state index is 0.0492. The molecular formula is C24H28N2O2S. The summed E-state index contributed by atoms with van der Waals surface area (Å²) >= 11 is 1.57. The quantitative estimate of drug-likeness (QED) is 0.484. The molecular weight excluding hydrogens is 380 g/mol. The van der Waals surface area contributed by atoms with Gasteiger partial charge >= 0.3 is 0 Å². The number of aryl methyl sites for hydroxylation is 2. The number of hydrogen-bond acceptors (Lipinski definition) is 4. The summed E-state index contributed by atoms with van der Waals surface area (Å²) in [5.74, 6) is 1.31. The van der Waals surface area contributed by atoms with Crippen LogP contribution in [0.3, 0.4) is 0 Å². The summed E-state index contributed by atoms with van der Waals surface area (Å²) in [6, 6.07) is 15.7. The van der Waals surface area contributed by atoms with Crippen molar-refractivity contribution in [1.82, 2.24) is 9.88 Å². The van der Waals surface area contributed by atoms with Gasteiger partial charge in [0.1, 0.15) is 17.4 Å². The molecule has 0 aliphatic heterocycles. The van der Waals surface area contributed by atoms with Gasteiger partial charge in [-0.3, -0.25) is 4.79 Å². The number of para-hydroxylation sites is 1. The van der Waals surface area contributed by atoms with Crippen molar-refractivity contribution < 1.29 is 9.53 Å². The van der Waals surface area contributed by atoms with E-state index in [0.717, 1.165) is 33.1 Å². The Labute approximate surface area is 177 Å². The van der Waals surface area contributed by atoms with Crippen LogP contribution in [0.25, 0.3) is 0 Å². The molecule has 0 saturated heterocycles. The predicted molar refractivity (Wildman–Crippen MR) is 118 cm³/mol. The van der Waals surface area contributed by atoms with Crippen molar-refractivity contribution in [3.8, 4) is 5.75 Å². The number of ether oxygens (including phenoxy) is 1. The van der Waals surface area contributed by atoms with Gasteiger partial charge in [-0.1, -0.05) is 49.7 Å². The van der Waals surface area contributed by atoms with Gasteiger partial charge < -0.3 is 9.64 Å². The number of carbonyl (C=O) groups is 1. The zero-order chi connectivity index (χ0) is 20.8. The molecule has 4 nitrogen and oxygen atoms in total. The first-order valence-corrected chi connectivity index (χ1v) is 10.8. The van der Waals surface area contributed by atoms with Gasteiger partial charge in [0.05, 0.1) is 12.2 Å². The number of rotatable bonds is 8. The highest BCUT2D eigenvalue weighted by molar-refractivity contribution is 7.09. The highest BCUT2D eigenvalue weighted by atomic mass is 32.1. The Morgan fingerprint density at radius 2 is 1.93 bits per heavy atom. The molecule has 2 aromatic carbocycles. The lowest BCUT2D eigenvalue weighted by atomic mass is 10.1. The summed E-state index contributed by atoms with van der Waals surface area (Å²) in [4.78, 5) is 19.7. The van der Waals surface area contributed by atoms with Gasteiger partial charge in [-0.05, 0) is 43.5 Å². The lowest BCUT2D eigenvalue weighted by Gasteiger charge is -2.24. The topological polar surface area (TPSA) is 42.4 Å². The molecule has 0 N–H and O–H groups in total. The number of nitrogens with zero attached hydrogens (tertiary/aromatic N) is 2. The molecule has 0 unspecified atom stereocenters. The first kappa shape index (κ1) is 21.1. The Kier molecular flexibility index (Phi) is 7.04. The lowest BCUT2D eigenvalue weighted by molar-refractivity contribution is 0.0720. The van der Waals surface area contributed by atoms with Gasteiger partial charge in [-0.25, -0.2) is 4.98 Å². The van der Waals surface area contributed by atoms with E-state index in [1.165, 1.54) is 0 Å². The van der Waals surface area contributed by atoms with E-state index >= 15 is 0 Å². The normalized spacial score (nSPS) is 10.9. The molecule has 0 bridgehead atoms. The van der Waals surface area contributed by atoms with Crippen molar-refractivity contribution in [2.24, 2.45) is 5.92 Å². The summed E-state index contributed by atoms with van der Waals surface area (Å²) in [6.07, 6.45) is 0. The maximum atomic E-state index is 13.1. The molecule has 152 valence electrons. The molecule has 0 aliphatic carbocycles. The number of carbonyl (C=O) groups excluding carboxylic acids is 1. The van der Waals surface area contributed by atoms with Gasteiger partial charge in [-0.2, -0.15) is 0 Å². The van der Waals surface area contributed by atoms with E-state index in [1.807, 2.05) is 72.7 Å². The van der Waals surface area contributed by atoms with Gasteiger partial charge in [-0.15, -0.1) is 11.3 Å². The molecule has 29 heavy (non-hydrogen) atoms. The van der Waals surface area contributed by atoms with Gasteiger partial charge in [0.15, 0.2) is 0 Å². The Morgan fingerprint density at radius 1 is 1.14 bits per heavy atom. The molecule has 0 atom stereocenters. The molecule has 0 spiro atoms. The van der Waals surface area contributed by atoms with Crippen LogP contribution in [-0.4, -0.2) is 22.3 Å². The van der Waals surface area contributed by atoms with Crippen molar-refractivity contribution >= 4 is 17.2 Å². The van der Waals surface area contributed by atoms with E-state index in [9.17, 15) is 4.79 Å². The number of amides is 1. The first-order valence-electron chi connectivity index (χ1n) is 9.90. The molecule has 0 saturated carbocycles. The second-order valence-electron chi connectivity index (χ2n) is 7.74. The summed E-state index contributed by atoms with van der Waals surface area (Å²) in [7, 11) is 0. The average molecular weight is 409 g/mol. The molecule has 3 rings (SSSR count). The number of hydrogen-bond donors (Lipinski definition) is 0. The standard InChI is InChI=1S/C24H28N2O2S/c1-17(2)13-26(24(27)20-10-7-8-18(3)12-20)14-21-16-29-23(25-21)15-28-22-11-6-5-9-19(22)4/h5-12,16-17H,13-15H2,1-4H3.